The highest BCUT2D eigenvalue weighted by molar-refractivity contribution is 7.86. The molecule has 0 atom stereocenters. The number of rotatable bonds is 3. The number of benzene rings is 2. The predicted molar refractivity (Wildman–Crippen MR) is 103 cm³/mol. The van der Waals surface area contributed by atoms with Gasteiger partial charge in [0, 0.05) is 16.8 Å². The van der Waals surface area contributed by atoms with Gasteiger partial charge in [0.05, 0.1) is 11.2 Å². The Morgan fingerprint density at radius 3 is 2.14 bits per heavy atom. The van der Waals surface area contributed by atoms with Crippen molar-refractivity contribution in [1.82, 2.24) is 9.78 Å². The molecule has 148 valence electrons. The second kappa shape index (κ2) is 6.57. The number of aromatic nitrogens is 2. The van der Waals surface area contributed by atoms with E-state index < -0.39 is 26.3 Å². The first-order valence-electron chi connectivity index (χ1n) is 8.34. The van der Waals surface area contributed by atoms with Crippen LogP contribution in [0.4, 0.5) is 11.4 Å². The zero-order valence-corrected chi connectivity index (χ0v) is 16.6. The lowest BCUT2D eigenvalue weighted by molar-refractivity contribution is 0.295. The number of phenolic OH excluding ortho intramolecular Hbond substituents is 1. The standard InChI is InChI=1S/C18H20N4O5S/c1-10-15(17(24)22(21-10)18(2,3)4)19-20-16-12-8-6-5-7-11(12)14(9-13(16)23)28(25,26)27/h5-9,23-24H,1-4H3,(H,25,26,27)/b20-19+. The number of nitrogens with zero attached hydrogens (tertiary/aromatic N) is 4. The van der Waals surface area contributed by atoms with Crippen molar-refractivity contribution in [2.24, 2.45) is 10.2 Å². The van der Waals surface area contributed by atoms with Gasteiger partial charge < -0.3 is 10.2 Å². The van der Waals surface area contributed by atoms with Crippen LogP contribution in [0.25, 0.3) is 10.8 Å². The summed E-state index contributed by atoms with van der Waals surface area (Å²) in [6, 6.07) is 7.17. The average Bonchev–Trinajstić information content (AvgIpc) is 2.87. The van der Waals surface area contributed by atoms with Gasteiger partial charge in [-0.2, -0.15) is 13.5 Å². The van der Waals surface area contributed by atoms with E-state index in [1.165, 1.54) is 10.7 Å². The molecule has 0 fully saturated rings. The molecule has 0 amide bonds. The van der Waals surface area contributed by atoms with Gasteiger partial charge in [0.15, 0.2) is 5.69 Å². The Morgan fingerprint density at radius 2 is 1.61 bits per heavy atom. The molecule has 28 heavy (non-hydrogen) atoms. The Morgan fingerprint density at radius 1 is 1.04 bits per heavy atom. The van der Waals surface area contributed by atoms with Crippen LogP contribution in [0.5, 0.6) is 11.6 Å². The Kier molecular flexibility index (Phi) is 4.64. The summed E-state index contributed by atoms with van der Waals surface area (Å²) < 4.78 is 34.1. The molecule has 2 aromatic carbocycles. The van der Waals surface area contributed by atoms with Crippen molar-refractivity contribution < 1.29 is 23.2 Å². The van der Waals surface area contributed by atoms with Crippen molar-refractivity contribution >= 4 is 32.3 Å². The van der Waals surface area contributed by atoms with E-state index in [1.807, 2.05) is 20.8 Å². The van der Waals surface area contributed by atoms with Crippen molar-refractivity contribution in [1.29, 1.82) is 0 Å². The molecule has 0 aliphatic carbocycles. The summed E-state index contributed by atoms with van der Waals surface area (Å²) in [6.07, 6.45) is 0. The van der Waals surface area contributed by atoms with Gasteiger partial charge in [-0.05, 0) is 27.7 Å². The third-order valence-electron chi connectivity index (χ3n) is 4.13. The largest absolute Gasteiger partial charge is 0.506 e. The van der Waals surface area contributed by atoms with E-state index in [2.05, 4.69) is 15.3 Å². The summed E-state index contributed by atoms with van der Waals surface area (Å²) in [4.78, 5) is -0.431. The maximum absolute atomic E-state index is 11.6. The molecular formula is C18H20N4O5S. The summed E-state index contributed by atoms with van der Waals surface area (Å²) in [5.74, 6) is -0.650. The van der Waals surface area contributed by atoms with Crippen molar-refractivity contribution in [3.63, 3.8) is 0 Å². The van der Waals surface area contributed by atoms with E-state index in [4.69, 9.17) is 0 Å². The first-order valence-corrected chi connectivity index (χ1v) is 9.78. The summed E-state index contributed by atoms with van der Waals surface area (Å²) in [6.45, 7) is 7.27. The van der Waals surface area contributed by atoms with Crippen molar-refractivity contribution in [2.45, 2.75) is 38.1 Å². The van der Waals surface area contributed by atoms with Gasteiger partial charge in [0.25, 0.3) is 10.1 Å². The summed E-state index contributed by atoms with van der Waals surface area (Å²) in [7, 11) is -4.55. The summed E-state index contributed by atoms with van der Waals surface area (Å²) >= 11 is 0. The minimum Gasteiger partial charge on any atom is -0.506 e. The van der Waals surface area contributed by atoms with E-state index in [9.17, 15) is 23.2 Å². The van der Waals surface area contributed by atoms with E-state index in [-0.39, 0.29) is 28.0 Å². The minimum absolute atomic E-state index is 0.00492. The van der Waals surface area contributed by atoms with E-state index in [0.29, 0.717) is 5.69 Å². The van der Waals surface area contributed by atoms with Crippen molar-refractivity contribution in [2.75, 3.05) is 0 Å². The highest BCUT2D eigenvalue weighted by Crippen LogP contribution is 2.41. The molecular weight excluding hydrogens is 384 g/mol. The number of fused-ring (bicyclic) bond motifs is 1. The lowest BCUT2D eigenvalue weighted by Crippen LogP contribution is -2.22. The van der Waals surface area contributed by atoms with Crippen LogP contribution in [0.15, 0.2) is 45.5 Å². The van der Waals surface area contributed by atoms with Gasteiger partial charge >= 0.3 is 0 Å². The molecule has 0 aliphatic rings. The van der Waals surface area contributed by atoms with E-state index in [1.54, 1.807) is 25.1 Å². The Balaban J connectivity index is 2.20. The molecule has 0 bridgehead atoms. The first-order chi connectivity index (χ1) is 12.9. The van der Waals surface area contributed by atoms with Gasteiger partial charge in [0.1, 0.15) is 16.3 Å². The maximum atomic E-state index is 11.6. The van der Waals surface area contributed by atoms with Crippen LogP contribution in [0, 0.1) is 6.92 Å². The molecule has 1 aromatic heterocycles. The molecule has 0 unspecified atom stereocenters. The molecule has 0 radical (unpaired) electrons. The molecule has 0 aliphatic heterocycles. The summed E-state index contributed by atoms with van der Waals surface area (Å²) in [5.41, 5.74) is 0.103. The fraction of sp³-hybridized carbons (Fsp3) is 0.278. The Hall–Kier alpha value is -2.98. The Bertz CT molecular complexity index is 1210. The van der Waals surface area contributed by atoms with Crippen LogP contribution in [0.3, 0.4) is 0 Å². The smallest absolute Gasteiger partial charge is 0.295 e. The number of hydrogen-bond acceptors (Lipinski definition) is 7. The van der Waals surface area contributed by atoms with Crippen molar-refractivity contribution in [3.05, 3.63) is 36.0 Å². The highest BCUT2D eigenvalue weighted by atomic mass is 32.2. The Labute approximate surface area is 161 Å². The second-order valence-corrected chi connectivity index (χ2v) is 8.69. The lowest BCUT2D eigenvalue weighted by Gasteiger charge is -2.19. The third-order valence-corrected chi connectivity index (χ3v) is 5.02. The van der Waals surface area contributed by atoms with E-state index >= 15 is 0 Å². The van der Waals surface area contributed by atoms with Gasteiger partial charge in [-0.1, -0.05) is 24.3 Å². The number of aromatic hydroxyl groups is 2. The fourth-order valence-electron chi connectivity index (χ4n) is 2.82. The van der Waals surface area contributed by atoms with Crippen LogP contribution in [0.1, 0.15) is 26.5 Å². The monoisotopic (exact) mass is 404 g/mol. The maximum Gasteiger partial charge on any atom is 0.295 e. The molecule has 0 spiro atoms. The first kappa shape index (κ1) is 19.8. The number of phenols is 1. The van der Waals surface area contributed by atoms with Gasteiger partial charge in [-0.25, -0.2) is 4.68 Å². The van der Waals surface area contributed by atoms with Gasteiger partial charge in [0.2, 0.25) is 5.88 Å². The molecule has 0 saturated heterocycles. The average molecular weight is 404 g/mol. The number of aryl methyl sites for hydroxylation is 1. The van der Waals surface area contributed by atoms with Crippen LogP contribution in [-0.4, -0.2) is 33.0 Å². The lowest BCUT2D eigenvalue weighted by atomic mass is 10.1. The summed E-state index contributed by atoms with van der Waals surface area (Å²) in [5, 5.41) is 33.5. The zero-order valence-electron chi connectivity index (χ0n) is 15.7. The zero-order chi connectivity index (χ0) is 20.9. The topological polar surface area (TPSA) is 137 Å². The van der Waals surface area contributed by atoms with Crippen LogP contribution in [-0.2, 0) is 15.7 Å². The normalized spacial score (nSPS) is 12.9. The number of azo groups is 1. The van der Waals surface area contributed by atoms with Gasteiger partial charge in [-0.3, -0.25) is 4.55 Å². The molecule has 3 aromatic rings. The predicted octanol–water partition coefficient (Wildman–Crippen LogP) is 4.17. The molecule has 0 saturated carbocycles. The van der Waals surface area contributed by atoms with Gasteiger partial charge in [-0.15, -0.1) is 10.2 Å². The molecule has 10 heteroatoms. The van der Waals surface area contributed by atoms with Crippen LogP contribution < -0.4 is 0 Å². The third kappa shape index (κ3) is 3.43. The molecule has 9 nitrogen and oxygen atoms in total. The minimum atomic E-state index is -4.55. The number of hydrogen-bond donors (Lipinski definition) is 3. The molecule has 1 heterocycles. The highest BCUT2D eigenvalue weighted by Gasteiger charge is 2.24. The SMILES string of the molecule is Cc1nn(C(C)(C)C)c(O)c1/N=N/c1c(O)cc(S(=O)(=O)O)c2ccccc12. The van der Waals surface area contributed by atoms with Crippen LogP contribution in [0.2, 0.25) is 0 Å². The van der Waals surface area contributed by atoms with Crippen LogP contribution >= 0.6 is 0 Å². The quantitative estimate of drug-likeness (QED) is 0.442. The fourth-order valence-corrected chi connectivity index (χ4v) is 3.54. The molecule has 3 N–H and O–H groups in total. The van der Waals surface area contributed by atoms with E-state index in [0.717, 1.165) is 6.07 Å². The molecule has 3 rings (SSSR count). The van der Waals surface area contributed by atoms with Crippen molar-refractivity contribution in [3.8, 4) is 11.6 Å². The second-order valence-electron chi connectivity index (χ2n) is 7.30.